The van der Waals surface area contributed by atoms with Gasteiger partial charge in [-0.25, -0.2) is 4.39 Å². The summed E-state index contributed by atoms with van der Waals surface area (Å²) in [7, 11) is 1.62. The van der Waals surface area contributed by atoms with E-state index < -0.39 is 12.6 Å². The van der Waals surface area contributed by atoms with E-state index in [2.05, 4.69) is 0 Å². The third-order valence-electron chi connectivity index (χ3n) is 5.33. The Bertz CT molecular complexity index is 1020. The van der Waals surface area contributed by atoms with Gasteiger partial charge in [-0.2, -0.15) is 0 Å². The fourth-order valence-electron chi connectivity index (χ4n) is 3.38. The molecular weight excluding hydrogens is 403 g/mol. The van der Waals surface area contributed by atoms with Crippen LogP contribution in [0.1, 0.15) is 33.6 Å². The number of carboxylic acid groups (broad SMARTS) is 1. The van der Waals surface area contributed by atoms with Crippen LogP contribution in [-0.2, 0) is 24.5 Å². The van der Waals surface area contributed by atoms with E-state index >= 15 is 0 Å². The van der Waals surface area contributed by atoms with Crippen molar-refractivity contribution in [2.45, 2.75) is 40.0 Å². The molecule has 0 fully saturated rings. The molecule has 0 atom stereocenters. The second kappa shape index (κ2) is 9.76. The molecule has 1 aromatic heterocycles. The lowest BCUT2D eigenvalue weighted by atomic mass is 9.99. The zero-order valence-electron chi connectivity index (χ0n) is 17.3. The van der Waals surface area contributed by atoms with Crippen molar-refractivity contribution in [2.75, 3.05) is 7.11 Å². The number of thiophene rings is 1. The number of ether oxygens (including phenoxy) is 2. The van der Waals surface area contributed by atoms with Crippen molar-refractivity contribution in [1.82, 2.24) is 0 Å². The summed E-state index contributed by atoms with van der Waals surface area (Å²) in [4.78, 5) is 11.5. The fraction of sp³-hybridized carbons (Fsp3) is 0.292. The van der Waals surface area contributed by atoms with Crippen molar-refractivity contribution in [3.63, 3.8) is 0 Å². The van der Waals surface area contributed by atoms with Gasteiger partial charge in [-0.3, -0.25) is 4.79 Å². The number of rotatable bonds is 9. The highest BCUT2D eigenvalue weighted by Crippen LogP contribution is 2.35. The van der Waals surface area contributed by atoms with Crippen LogP contribution in [0, 0.1) is 13.8 Å². The van der Waals surface area contributed by atoms with E-state index in [9.17, 15) is 9.18 Å². The predicted octanol–water partition coefficient (Wildman–Crippen LogP) is 6.11. The molecule has 0 unspecified atom stereocenters. The van der Waals surface area contributed by atoms with Gasteiger partial charge in [0.1, 0.15) is 24.8 Å². The smallest absolute Gasteiger partial charge is 0.303 e. The maximum atomic E-state index is 13.6. The minimum absolute atomic E-state index is 0.0977. The highest BCUT2D eigenvalue weighted by atomic mass is 32.1. The molecule has 4 nitrogen and oxygen atoms in total. The largest absolute Gasteiger partial charge is 0.497 e. The average molecular weight is 429 g/mol. The predicted molar refractivity (Wildman–Crippen MR) is 117 cm³/mol. The number of aryl methyl sites for hydroxylation is 1. The van der Waals surface area contributed by atoms with Gasteiger partial charge < -0.3 is 14.6 Å². The Labute approximate surface area is 179 Å². The molecule has 0 spiro atoms. The molecule has 0 amide bonds. The molecule has 2 aromatic carbocycles. The van der Waals surface area contributed by atoms with Crippen LogP contribution in [0.15, 0.2) is 41.8 Å². The molecule has 1 N–H and O–H groups in total. The number of benzene rings is 2. The average Bonchev–Trinajstić information content (AvgIpc) is 3.17. The van der Waals surface area contributed by atoms with Gasteiger partial charge in [0, 0.05) is 16.9 Å². The second-order valence-electron chi connectivity index (χ2n) is 7.07. The Morgan fingerprint density at radius 3 is 2.47 bits per heavy atom. The molecule has 1 heterocycles. The maximum absolute atomic E-state index is 13.6. The van der Waals surface area contributed by atoms with Crippen molar-refractivity contribution in [2.24, 2.45) is 0 Å². The second-order valence-corrected chi connectivity index (χ2v) is 8.03. The zero-order chi connectivity index (χ0) is 21.7. The Hall–Kier alpha value is -2.86. The number of aliphatic carboxylic acids is 1. The molecular formula is C24H25FO4S. The Balaban J connectivity index is 1.82. The Morgan fingerprint density at radius 1 is 1.10 bits per heavy atom. The van der Waals surface area contributed by atoms with E-state index in [1.54, 1.807) is 7.11 Å². The van der Waals surface area contributed by atoms with Gasteiger partial charge in [0.05, 0.1) is 7.11 Å². The Morgan fingerprint density at radius 2 is 1.83 bits per heavy atom. The standard InChI is InChI=1S/C24H25FO4S/c1-15-16(2)22(10-6-17(15)7-11-24(26)27)29-13-20-21(14-30-23(20)12-25)18-4-8-19(28-3)9-5-18/h4-6,8-10,14H,7,11-13H2,1-3H3,(H,26,27). The van der Waals surface area contributed by atoms with Gasteiger partial charge in [-0.05, 0) is 71.7 Å². The van der Waals surface area contributed by atoms with Crippen molar-refractivity contribution >= 4 is 17.3 Å². The summed E-state index contributed by atoms with van der Waals surface area (Å²) in [5.41, 5.74) is 5.80. The summed E-state index contributed by atoms with van der Waals surface area (Å²) >= 11 is 1.39. The number of methoxy groups -OCH3 is 1. The zero-order valence-corrected chi connectivity index (χ0v) is 18.1. The topological polar surface area (TPSA) is 55.8 Å². The van der Waals surface area contributed by atoms with E-state index in [1.807, 2.05) is 55.6 Å². The first-order valence-corrected chi connectivity index (χ1v) is 10.6. The molecule has 30 heavy (non-hydrogen) atoms. The quantitative estimate of drug-likeness (QED) is 0.447. The highest BCUT2D eigenvalue weighted by molar-refractivity contribution is 7.10. The summed E-state index contributed by atoms with van der Waals surface area (Å²) in [5, 5.41) is 10.9. The van der Waals surface area contributed by atoms with Crippen molar-refractivity contribution in [3.8, 4) is 22.6 Å². The number of alkyl halides is 1. The molecule has 6 heteroatoms. The van der Waals surface area contributed by atoms with E-state index in [0.29, 0.717) is 11.3 Å². The first-order chi connectivity index (χ1) is 14.4. The molecule has 0 aliphatic heterocycles. The van der Waals surface area contributed by atoms with E-state index in [1.165, 1.54) is 11.3 Å². The summed E-state index contributed by atoms with van der Waals surface area (Å²) in [6.45, 7) is 3.66. The lowest BCUT2D eigenvalue weighted by Gasteiger charge is -2.15. The highest BCUT2D eigenvalue weighted by Gasteiger charge is 2.16. The van der Waals surface area contributed by atoms with Gasteiger partial charge in [-0.15, -0.1) is 11.3 Å². The van der Waals surface area contributed by atoms with Gasteiger partial charge in [0.15, 0.2) is 0 Å². The van der Waals surface area contributed by atoms with Crippen molar-refractivity contribution in [1.29, 1.82) is 0 Å². The maximum Gasteiger partial charge on any atom is 0.303 e. The molecule has 0 saturated carbocycles. The number of carbonyl (C=O) groups is 1. The summed E-state index contributed by atoms with van der Waals surface area (Å²) < 4.78 is 24.9. The van der Waals surface area contributed by atoms with Crippen LogP contribution in [-0.4, -0.2) is 18.2 Å². The first-order valence-electron chi connectivity index (χ1n) is 9.67. The first kappa shape index (κ1) is 21.8. The summed E-state index contributed by atoms with van der Waals surface area (Å²) in [6, 6.07) is 11.5. The molecule has 3 rings (SSSR count). The van der Waals surface area contributed by atoms with Gasteiger partial charge in [-0.1, -0.05) is 18.2 Å². The van der Waals surface area contributed by atoms with Crippen molar-refractivity contribution < 1.29 is 23.8 Å². The van der Waals surface area contributed by atoms with E-state index in [0.717, 1.165) is 44.9 Å². The monoisotopic (exact) mass is 428 g/mol. The molecule has 3 aromatic rings. The third kappa shape index (κ3) is 4.82. The van der Waals surface area contributed by atoms with Gasteiger partial charge in [0.25, 0.3) is 0 Å². The molecule has 0 aliphatic carbocycles. The van der Waals surface area contributed by atoms with Crippen LogP contribution in [0.3, 0.4) is 0 Å². The van der Waals surface area contributed by atoms with Crippen molar-refractivity contribution in [3.05, 3.63) is 68.9 Å². The van der Waals surface area contributed by atoms with Crippen LogP contribution >= 0.6 is 11.3 Å². The van der Waals surface area contributed by atoms with Gasteiger partial charge in [0.2, 0.25) is 0 Å². The molecule has 0 aliphatic rings. The molecule has 158 valence electrons. The van der Waals surface area contributed by atoms with Crippen LogP contribution in [0.5, 0.6) is 11.5 Å². The summed E-state index contributed by atoms with van der Waals surface area (Å²) in [6.07, 6.45) is 0.584. The van der Waals surface area contributed by atoms with Crippen LogP contribution in [0.2, 0.25) is 0 Å². The van der Waals surface area contributed by atoms with Crippen LogP contribution in [0.25, 0.3) is 11.1 Å². The number of carboxylic acids is 1. The minimum Gasteiger partial charge on any atom is -0.497 e. The van der Waals surface area contributed by atoms with E-state index in [-0.39, 0.29) is 13.0 Å². The summed E-state index contributed by atoms with van der Waals surface area (Å²) in [5.74, 6) is 0.685. The molecule has 0 saturated heterocycles. The Kier molecular flexibility index (Phi) is 7.11. The molecule has 0 radical (unpaired) electrons. The van der Waals surface area contributed by atoms with Crippen LogP contribution < -0.4 is 9.47 Å². The minimum atomic E-state index is -0.811. The van der Waals surface area contributed by atoms with Crippen LogP contribution in [0.4, 0.5) is 4.39 Å². The number of hydrogen-bond acceptors (Lipinski definition) is 4. The number of hydrogen-bond donors (Lipinski definition) is 1. The lowest BCUT2D eigenvalue weighted by Crippen LogP contribution is -2.03. The molecule has 0 bridgehead atoms. The fourth-order valence-corrected chi connectivity index (χ4v) is 4.29. The third-order valence-corrected chi connectivity index (χ3v) is 6.33. The lowest BCUT2D eigenvalue weighted by molar-refractivity contribution is -0.136. The SMILES string of the molecule is COc1ccc(-c2csc(CF)c2COc2ccc(CCC(=O)O)c(C)c2C)cc1. The van der Waals surface area contributed by atoms with Gasteiger partial charge >= 0.3 is 5.97 Å². The van der Waals surface area contributed by atoms with E-state index in [4.69, 9.17) is 14.6 Å². The number of halogens is 1. The normalized spacial score (nSPS) is 10.8.